The Hall–Kier alpha value is -2.04. The van der Waals surface area contributed by atoms with E-state index in [-0.39, 0.29) is 0 Å². The van der Waals surface area contributed by atoms with Crippen LogP contribution in [-0.4, -0.2) is 33.1 Å². The number of ether oxygens (including phenoxy) is 2. The zero-order valence-corrected chi connectivity index (χ0v) is 10.8. The zero-order valence-electron chi connectivity index (χ0n) is 10.8. The normalized spacial score (nSPS) is 9.72. The van der Waals surface area contributed by atoms with Crippen molar-refractivity contribution in [1.29, 1.82) is 0 Å². The van der Waals surface area contributed by atoms with Crippen molar-refractivity contribution in [3.05, 3.63) is 23.8 Å². The van der Waals surface area contributed by atoms with Crippen LogP contribution in [-0.2, 0) is 9.53 Å². The molecule has 5 nitrogen and oxygen atoms in total. The monoisotopic (exact) mass is 251 g/mol. The maximum atomic E-state index is 11.4. The summed E-state index contributed by atoms with van der Waals surface area (Å²) in [6.07, 6.45) is 1.53. The van der Waals surface area contributed by atoms with Gasteiger partial charge in [-0.15, -0.1) is 0 Å². The predicted octanol–water partition coefficient (Wildman–Crippen LogP) is 1.85. The number of rotatable bonds is 6. The van der Waals surface area contributed by atoms with Crippen molar-refractivity contribution in [1.82, 2.24) is 0 Å². The third kappa shape index (κ3) is 3.23. The van der Waals surface area contributed by atoms with E-state index in [9.17, 15) is 9.59 Å². The van der Waals surface area contributed by atoms with Gasteiger partial charge in [-0.05, 0) is 24.6 Å². The van der Waals surface area contributed by atoms with Crippen LogP contribution in [0, 0.1) is 0 Å². The van der Waals surface area contributed by atoms with Crippen LogP contribution in [0.25, 0.3) is 0 Å². The van der Waals surface area contributed by atoms with E-state index in [0.29, 0.717) is 30.0 Å². The SMILES string of the molecule is CCCOc1ccc(C(=O)OC)cc1N(C)C=O. The van der Waals surface area contributed by atoms with Crippen molar-refractivity contribution in [2.24, 2.45) is 0 Å². The standard InChI is InChI=1S/C13H17NO4/c1-4-7-18-12-6-5-10(13(16)17-3)8-11(12)14(2)9-15/h5-6,8-9H,4,7H2,1-3H3. The molecular formula is C13H17NO4. The lowest BCUT2D eigenvalue weighted by Gasteiger charge is -2.17. The third-order valence-corrected chi connectivity index (χ3v) is 2.38. The van der Waals surface area contributed by atoms with Gasteiger partial charge < -0.3 is 14.4 Å². The Balaban J connectivity index is 3.11. The molecule has 1 amide bonds. The average molecular weight is 251 g/mol. The lowest BCUT2D eigenvalue weighted by atomic mass is 10.1. The van der Waals surface area contributed by atoms with E-state index in [0.717, 1.165) is 6.42 Å². The summed E-state index contributed by atoms with van der Waals surface area (Å²) in [5, 5.41) is 0. The molecule has 1 rings (SSSR count). The average Bonchev–Trinajstić information content (AvgIpc) is 2.43. The van der Waals surface area contributed by atoms with Crippen LogP contribution in [0.1, 0.15) is 23.7 Å². The van der Waals surface area contributed by atoms with Gasteiger partial charge in [-0.25, -0.2) is 4.79 Å². The minimum absolute atomic E-state index is 0.380. The fourth-order valence-electron chi connectivity index (χ4n) is 1.43. The van der Waals surface area contributed by atoms with E-state index in [1.807, 2.05) is 6.92 Å². The largest absolute Gasteiger partial charge is 0.491 e. The van der Waals surface area contributed by atoms with Crippen LogP contribution in [0.5, 0.6) is 5.75 Å². The lowest BCUT2D eigenvalue weighted by Crippen LogP contribution is -2.16. The molecule has 0 radical (unpaired) electrons. The highest BCUT2D eigenvalue weighted by molar-refractivity contribution is 5.92. The highest BCUT2D eigenvalue weighted by atomic mass is 16.5. The van der Waals surface area contributed by atoms with Gasteiger partial charge in [-0.3, -0.25) is 4.79 Å². The Labute approximate surface area is 106 Å². The quantitative estimate of drug-likeness (QED) is 0.572. The Bertz CT molecular complexity index is 431. The summed E-state index contributed by atoms with van der Waals surface area (Å²) in [7, 11) is 2.91. The summed E-state index contributed by atoms with van der Waals surface area (Å²) in [4.78, 5) is 23.6. The Morgan fingerprint density at radius 1 is 1.44 bits per heavy atom. The Morgan fingerprint density at radius 2 is 2.17 bits per heavy atom. The topological polar surface area (TPSA) is 55.8 Å². The second kappa shape index (κ2) is 6.64. The summed E-state index contributed by atoms with van der Waals surface area (Å²) < 4.78 is 10.2. The molecule has 0 bridgehead atoms. The van der Waals surface area contributed by atoms with Crippen molar-refractivity contribution in [2.75, 3.05) is 25.7 Å². The number of anilines is 1. The molecule has 0 N–H and O–H groups in total. The number of amides is 1. The van der Waals surface area contributed by atoms with Crippen LogP contribution in [0.15, 0.2) is 18.2 Å². The smallest absolute Gasteiger partial charge is 0.337 e. The van der Waals surface area contributed by atoms with Crippen LogP contribution in [0.4, 0.5) is 5.69 Å². The maximum Gasteiger partial charge on any atom is 0.337 e. The first-order valence-corrected chi connectivity index (χ1v) is 5.67. The van der Waals surface area contributed by atoms with Crippen LogP contribution >= 0.6 is 0 Å². The van der Waals surface area contributed by atoms with Crippen molar-refractivity contribution in [3.63, 3.8) is 0 Å². The molecule has 0 aliphatic heterocycles. The second-order valence-corrected chi connectivity index (χ2v) is 3.74. The molecule has 98 valence electrons. The molecule has 1 aromatic carbocycles. The number of carbonyl (C=O) groups excluding carboxylic acids is 2. The van der Waals surface area contributed by atoms with Gasteiger partial charge in [-0.1, -0.05) is 6.92 Å². The highest BCUT2D eigenvalue weighted by Gasteiger charge is 2.13. The van der Waals surface area contributed by atoms with Gasteiger partial charge in [0.2, 0.25) is 6.41 Å². The van der Waals surface area contributed by atoms with E-state index in [4.69, 9.17) is 4.74 Å². The molecule has 0 spiro atoms. The van der Waals surface area contributed by atoms with Gasteiger partial charge >= 0.3 is 5.97 Å². The van der Waals surface area contributed by atoms with E-state index >= 15 is 0 Å². The number of benzene rings is 1. The fraction of sp³-hybridized carbons (Fsp3) is 0.385. The molecule has 5 heteroatoms. The van der Waals surface area contributed by atoms with Gasteiger partial charge in [0.1, 0.15) is 5.75 Å². The number of hydrogen-bond donors (Lipinski definition) is 0. The molecule has 1 aromatic rings. The van der Waals surface area contributed by atoms with Crippen molar-refractivity contribution in [2.45, 2.75) is 13.3 Å². The highest BCUT2D eigenvalue weighted by Crippen LogP contribution is 2.28. The maximum absolute atomic E-state index is 11.4. The van der Waals surface area contributed by atoms with E-state index in [2.05, 4.69) is 4.74 Å². The van der Waals surface area contributed by atoms with Gasteiger partial charge in [0.15, 0.2) is 0 Å². The number of carbonyl (C=O) groups is 2. The zero-order chi connectivity index (χ0) is 13.5. The molecule has 0 saturated heterocycles. The second-order valence-electron chi connectivity index (χ2n) is 3.74. The molecule has 0 unspecified atom stereocenters. The van der Waals surface area contributed by atoms with Gasteiger partial charge in [0, 0.05) is 7.05 Å². The first-order valence-electron chi connectivity index (χ1n) is 5.67. The van der Waals surface area contributed by atoms with Gasteiger partial charge in [0.05, 0.1) is 25.0 Å². The van der Waals surface area contributed by atoms with E-state index < -0.39 is 5.97 Å². The molecule has 0 aromatic heterocycles. The molecule has 0 heterocycles. The predicted molar refractivity (Wildman–Crippen MR) is 68.0 cm³/mol. The number of nitrogens with zero attached hydrogens (tertiary/aromatic N) is 1. The minimum atomic E-state index is -0.447. The summed E-state index contributed by atoms with van der Waals surface area (Å²) in [6.45, 7) is 2.54. The summed E-state index contributed by atoms with van der Waals surface area (Å²) in [5.41, 5.74) is 0.923. The Morgan fingerprint density at radius 3 is 2.72 bits per heavy atom. The van der Waals surface area contributed by atoms with Crippen molar-refractivity contribution in [3.8, 4) is 5.75 Å². The summed E-state index contributed by atoms with van der Waals surface area (Å²) >= 11 is 0. The molecule has 0 saturated carbocycles. The lowest BCUT2D eigenvalue weighted by molar-refractivity contribution is -0.107. The van der Waals surface area contributed by atoms with E-state index in [1.54, 1.807) is 25.2 Å². The molecule has 0 aliphatic rings. The molecule has 18 heavy (non-hydrogen) atoms. The summed E-state index contributed by atoms with van der Waals surface area (Å²) in [5.74, 6) is 0.122. The molecule has 0 fully saturated rings. The van der Waals surface area contributed by atoms with Gasteiger partial charge in [-0.2, -0.15) is 0 Å². The molecule has 0 atom stereocenters. The summed E-state index contributed by atoms with van der Waals surface area (Å²) in [6, 6.07) is 4.85. The van der Waals surface area contributed by atoms with Gasteiger partial charge in [0.25, 0.3) is 0 Å². The minimum Gasteiger partial charge on any atom is -0.491 e. The van der Waals surface area contributed by atoms with Crippen molar-refractivity contribution >= 4 is 18.1 Å². The van der Waals surface area contributed by atoms with Crippen molar-refractivity contribution < 1.29 is 19.1 Å². The third-order valence-electron chi connectivity index (χ3n) is 2.38. The fourth-order valence-corrected chi connectivity index (χ4v) is 1.43. The number of methoxy groups -OCH3 is 1. The first-order chi connectivity index (χ1) is 8.63. The molecule has 0 aliphatic carbocycles. The van der Waals surface area contributed by atoms with Crippen LogP contribution in [0.2, 0.25) is 0 Å². The molecular weight excluding hydrogens is 234 g/mol. The van der Waals surface area contributed by atoms with E-state index in [1.165, 1.54) is 12.0 Å². The number of hydrogen-bond acceptors (Lipinski definition) is 4. The van der Waals surface area contributed by atoms with Crippen LogP contribution < -0.4 is 9.64 Å². The number of esters is 1. The van der Waals surface area contributed by atoms with Crippen LogP contribution in [0.3, 0.4) is 0 Å². The Kier molecular flexibility index (Phi) is 5.17. The first kappa shape index (κ1) is 14.0.